The maximum atomic E-state index is 2.33. The number of aromatic nitrogens is 6. The monoisotopic (exact) mass is 1380 g/mol. The van der Waals surface area contributed by atoms with Crippen LogP contribution in [0.4, 0.5) is 0 Å². The Morgan fingerprint density at radius 1 is 0.194 bits per heavy atom. The van der Waals surface area contributed by atoms with Gasteiger partial charge in [-0.3, -0.25) is 0 Å². The molecule has 0 N–H and O–H groups in total. The van der Waals surface area contributed by atoms with Gasteiger partial charge in [0.15, 0.2) is 71.3 Å². The van der Waals surface area contributed by atoms with Crippen molar-refractivity contribution in [1.29, 1.82) is 0 Å². The molecule has 542 valence electrons. The second kappa shape index (κ2) is 34.5. The minimum Gasteiger partial charge on any atom is -0.205 e. The lowest BCUT2D eigenvalue weighted by Crippen LogP contribution is -2.40. The number of nitrogens with zero attached hydrogens (tertiary/aromatic N) is 6. The van der Waals surface area contributed by atoms with Crippen molar-refractivity contribution >= 4 is 0 Å². The summed E-state index contributed by atoms with van der Waals surface area (Å²) >= 11 is 0. The summed E-state index contributed by atoms with van der Waals surface area (Å²) < 4.78 is 13.4. The summed E-state index contributed by atoms with van der Waals surface area (Å²) in [6.07, 6.45) is 13.2. The number of hydrogen-bond donors (Lipinski definition) is 0. The Labute approximate surface area is 625 Å². The average molecular weight is 1380 g/mol. The Balaban J connectivity index is 0.000000194. The zero-order valence-electron chi connectivity index (χ0n) is 69.3. The molecule has 0 aliphatic heterocycles. The standard InChI is InChI=1S/3C17H22N.2C16H20N.C14H24N/c1-13-12-18(5)16(17(2,3)4)11-15(13)14-9-7-6-8-10-14;2*1-13-11-16(17(2,3)4)18(5)12-15(13)14-9-7-6-8-10-14;1-16(2,3)15-12-14(10-11-17(15)4)13-8-6-5-7-9-13;1-16(2,3)15-11-10-14(12-17(15)4)13-8-6-5-7-9-13;1-13(2,3)11-8-9-15(7)12(10-11)14(4,5)6/h3*6-12H,1-5H3;2*5-12H,1-4H3;8-10H,1-7H3/q6*+1. The topological polar surface area (TPSA) is 23.3 Å². The molecule has 0 saturated carbocycles. The minimum absolute atomic E-state index is 0.159. The summed E-state index contributed by atoms with van der Waals surface area (Å²) in [6, 6.07) is 73.1. The molecule has 0 radical (unpaired) electrons. The first kappa shape index (κ1) is 83.0. The van der Waals surface area contributed by atoms with Crippen molar-refractivity contribution in [1.82, 2.24) is 0 Å². The zero-order valence-corrected chi connectivity index (χ0v) is 69.3. The molecule has 6 heteroatoms. The maximum Gasteiger partial charge on any atom is 0.187 e. The first-order chi connectivity index (χ1) is 47.8. The Kier molecular flexibility index (Phi) is 27.8. The molecule has 0 saturated heterocycles. The van der Waals surface area contributed by atoms with Crippen molar-refractivity contribution < 1.29 is 27.4 Å². The Morgan fingerprint density at radius 2 is 0.485 bits per heavy atom. The van der Waals surface area contributed by atoms with Gasteiger partial charge in [-0.25, -0.2) is 27.4 Å². The van der Waals surface area contributed by atoms with Gasteiger partial charge in [-0.15, -0.1) is 0 Å². The van der Waals surface area contributed by atoms with Crippen LogP contribution in [0.15, 0.2) is 243 Å². The van der Waals surface area contributed by atoms with Gasteiger partial charge < -0.3 is 0 Å². The highest BCUT2D eigenvalue weighted by Gasteiger charge is 2.30. The second-order valence-corrected chi connectivity index (χ2v) is 35.4. The van der Waals surface area contributed by atoms with E-state index in [2.05, 4.69) is 473 Å². The SMILES string of the molecule is C[n+]1cc(-c2ccccc2)ccc1C(C)(C)C.C[n+]1ccc(-c2ccccc2)cc1C(C)(C)C.C[n+]1ccc(C(C)(C)C)cc1C(C)(C)C.Cc1c[n+](C)c(C(C)(C)C)cc1-c1ccccc1.Cc1cc(C(C)(C)C)[n+](C)cc1-c1ccccc1.Cc1cc(C(C)(C)C)[n+](C)cc1-c1ccccc1. The van der Waals surface area contributed by atoms with Gasteiger partial charge in [0.25, 0.3) is 0 Å². The van der Waals surface area contributed by atoms with E-state index in [0.717, 1.165) is 0 Å². The van der Waals surface area contributed by atoms with Crippen LogP contribution in [-0.2, 0) is 80.2 Å². The summed E-state index contributed by atoms with van der Waals surface area (Å²) in [5.74, 6) is 0. The van der Waals surface area contributed by atoms with E-state index in [4.69, 9.17) is 0 Å². The molecular weight excluding hydrogens is 1250 g/mol. The van der Waals surface area contributed by atoms with Crippen molar-refractivity contribution in [2.24, 2.45) is 42.3 Å². The van der Waals surface area contributed by atoms with Crippen LogP contribution < -0.4 is 27.4 Å². The third-order valence-corrected chi connectivity index (χ3v) is 18.8. The smallest absolute Gasteiger partial charge is 0.187 e. The van der Waals surface area contributed by atoms with E-state index in [1.54, 1.807) is 0 Å². The van der Waals surface area contributed by atoms with Gasteiger partial charge in [-0.1, -0.05) is 297 Å². The van der Waals surface area contributed by atoms with Crippen LogP contribution in [0.2, 0.25) is 0 Å². The Bertz CT molecular complexity index is 4410. The molecule has 0 aliphatic rings. The van der Waals surface area contributed by atoms with E-state index in [-0.39, 0.29) is 37.9 Å². The number of aryl methyl sites for hydroxylation is 9. The number of rotatable bonds is 5. The summed E-state index contributed by atoms with van der Waals surface area (Å²) in [4.78, 5) is 0. The fourth-order valence-corrected chi connectivity index (χ4v) is 13.4. The van der Waals surface area contributed by atoms with Crippen molar-refractivity contribution in [2.45, 2.75) is 204 Å². The molecule has 0 unspecified atom stereocenters. The molecule has 103 heavy (non-hydrogen) atoms. The van der Waals surface area contributed by atoms with E-state index < -0.39 is 0 Å². The third kappa shape index (κ3) is 23.8. The summed E-state index contributed by atoms with van der Waals surface area (Å²) in [6.45, 7) is 53.9. The van der Waals surface area contributed by atoms with Gasteiger partial charge in [0.05, 0.1) is 0 Å². The first-order valence-corrected chi connectivity index (χ1v) is 37.1. The highest BCUT2D eigenvalue weighted by molar-refractivity contribution is 5.68. The van der Waals surface area contributed by atoms with E-state index in [9.17, 15) is 0 Å². The van der Waals surface area contributed by atoms with Gasteiger partial charge in [0.2, 0.25) is 0 Å². The zero-order chi connectivity index (χ0) is 76.8. The van der Waals surface area contributed by atoms with Crippen LogP contribution in [-0.4, -0.2) is 0 Å². The van der Waals surface area contributed by atoms with Crippen molar-refractivity contribution in [3.63, 3.8) is 0 Å². The molecule has 5 aromatic carbocycles. The lowest BCUT2D eigenvalue weighted by Gasteiger charge is -2.22. The highest BCUT2D eigenvalue weighted by Crippen LogP contribution is 2.32. The summed E-state index contributed by atoms with van der Waals surface area (Å²) in [7, 11) is 12.7. The van der Waals surface area contributed by atoms with E-state index in [1.807, 2.05) is 6.07 Å². The molecular formula is C97H130N6+6. The van der Waals surface area contributed by atoms with Gasteiger partial charge >= 0.3 is 0 Å². The fraction of sp³-hybridized carbons (Fsp3) is 0.381. The van der Waals surface area contributed by atoms with E-state index in [0.29, 0.717) is 0 Å². The predicted octanol–water partition coefficient (Wildman–Crippen LogP) is 21.4. The highest BCUT2D eigenvalue weighted by atomic mass is 15.0. The molecule has 0 aliphatic carbocycles. The van der Waals surface area contributed by atoms with Gasteiger partial charge in [0, 0.05) is 103 Å². The van der Waals surface area contributed by atoms with Crippen LogP contribution in [0.3, 0.4) is 0 Å². The molecule has 0 fully saturated rings. The summed E-state index contributed by atoms with van der Waals surface area (Å²) in [5, 5.41) is 0. The minimum atomic E-state index is 0.159. The van der Waals surface area contributed by atoms with Crippen LogP contribution in [0.1, 0.15) is 202 Å². The predicted molar refractivity (Wildman–Crippen MR) is 438 cm³/mol. The van der Waals surface area contributed by atoms with Crippen molar-refractivity contribution in [2.75, 3.05) is 0 Å². The summed E-state index contributed by atoms with van der Waals surface area (Å²) in [5.41, 5.74) is 27.8. The number of pyridine rings is 6. The van der Waals surface area contributed by atoms with E-state index in [1.165, 1.54) is 112 Å². The molecule has 11 aromatic rings. The molecule has 6 nitrogen and oxygen atoms in total. The second-order valence-electron chi connectivity index (χ2n) is 35.4. The molecule has 0 spiro atoms. The van der Waals surface area contributed by atoms with Crippen LogP contribution in [0.25, 0.3) is 55.6 Å². The van der Waals surface area contributed by atoms with Crippen molar-refractivity contribution in [3.8, 4) is 55.6 Å². The maximum absolute atomic E-state index is 2.33. The molecule has 6 aromatic heterocycles. The molecule has 0 atom stereocenters. The Morgan fingerprint density at radius 3 is 0.835 bits per heavy atom. The Hall–Kier alpha value is -9.00. The van der Waals surface area contributed by atoms with Gasteiger partial charge in [-0.05, 0) is 87.9 Å². The normalized spacial score (nSPS) is 11.8. The van der Waals surface area contributed by atoms with Crippen LogP contribution >= 0.6 is 0 Å². The molecule has 11 rings (SSSR count). The average Bonchev–Trinajstić information content (AvgIpc) is 0.817. The third-order valence-electron chi connectivity index (χ3n) is 18.8. The molecule has 6 heterocycles. The van der Waals surface area contributed by atoms with Gasteiger partial charge in [0.1, 0.15) is 42.3 Å². The number of hydrogen-bond acceptors (Lipinski definition) is 0. The molecule has 0 bridgehead atoms. The molecule has 0 amide bonds. The van der Waals surface area contributed by atoms with E-state index >= 15 is 0 Å². The van der Waals surface area contributed by atoms with Crippen LogP contribution in [0, 0.1) is 20.8 Å². The quantitative estimate of drug-likeness (QED) is 0.153. The van der Waals surface area contributed by atoms with Crippen molar-refractivity contribution in [3.05, 3.63) is 300 Å². The lowest BCUT2D eigenvalue weighted by atomic mass is 9.83. The lowest BCUT2D eigenvalue weighted by molar-refractivity contribution is -0.682. The first-order valence-electron chi connectivity index (χ1n) is 37.1. The van der Waals surface area contributed by atoms with Crippen LogP contribution in [0.5, 0.6) is 0 Å². The number of benzene rings is 5. The fourth-order valence-electron chi connectivity index (χ4n) is 13.4. The van der Waals surface area contributed by atoms with Gasteiger partial charge in [-0.2, -0.15) is 0 Å². The largest absolute Gasteiger partial charge is 0.205 e.